The van der Waals surface area contributed by atoms with Gasteiger partial charge in [0.05, 0.1) is 12.7 Å². The lowest BCUT2D eigenvalue weighted by atomic mass is 10.2. The molecule has 0 rings (SSSR count). The van der Waals surface area contributed by atoms with Crippen molar-refractivity contribution < 1.29 is 4.74 Å². The van der Waals surface area contributed by atoms with E-state index in [2.05, 4.69) is 45.1 Å². The van der Waals surface area contributed by atoms with Crippen LogP contribution in [-0.4, -0.2) is 50.8 Å². The number of hydrogen-bond acceptors (Lipinski definition) is 3. The van der Waals surface area contributed by atoms with Gasteiger partial charge in [-0.1, -0.05) is 0 Å². The molecule has 0 fully saturated rings. The van der Waals surface area contributed by atoms with Crippen LogP contribution in [0.4, 0.5) is 0 Å². The summed E-state index contributed by atoms with van der Waals surface area (Å²) in [7, 11) is 4.21. The van der Waals surface area contributed by atoms with Crippen LogP contribution in [0.15, 0.2) is 0 Å². The summed E-state index contributed by atoms with van der Waals surface area (Å²) >= 11 is 0. The Morgan fingerprint density at radius 1 is 1.21 bits per heavy atom. The number of nitrogens with zero attached hydrogens (tertiary/aromatic N) is 1. The smallest absolute Gasteiger partial charge is 0.0594 e. The van der Waals surface area contributed by atoms with Crippen molar-refractivity contribution in [2.24, 2.45) is 0 Å². The molecule has 0 radical (unpaired) electrons. The van der Waals surface area contributed by atoms with Crippen molar-refractivity contribution in [1.29, 1.82) is 0 Å². The maximum Gasteiger partial charge on any atom is 0.0594 e. The van der Waals surface area contributed by atoms with Crippen molar-refractivity contribution in [3.05, 3.63) is 0 Å². The van der Waals surface area contributed by atoms with Crippen molar-refractivity contribution >= 4 is 0 Å². The highest BCUT2D eigenvalue weighted by atomic mass is 16.5. The van der Waals surface area contributed by atoms with E-state index in [4.69, 9.17) is 4.74 Å². The summed E-state index contributed by atoms with van der Waals surface area (Å²) in [5.41, 5.74) is 0. The van der Waals surface area contributed by atoms with Crippen LogP contribution in [0.3, 0.4) is 0 Å². The van der Waals surface area contributed by atoms with Gasteiger partial charge >= 0.3 is 0 Å². The van der Waals surface area contributed by atoms with Crippen molar-refractivity contribution in [3.8, 4) is 0 Å². The standard InChI is InChI=1S/C11H26N2O/c1-10(2)14-9-7-12-11(3)6-8-13(4)5/h10-12H,6-9H2,1-5H3. The highest BCUT2D eigenvalue weighted by Gasteiger charge is 2.01. The van der Waals surface area contributed by atoms with Crippen molar-refractivity contribution in [3.63, 3.8) is 0 Å². The van der Waals surface area contributed by atoms with E-state index in [0.29, 0.717) is 12.1 Å². The molecule has 0 spiro atoms. The molecule has 3 nitrogen and oxygen atoms in total. The lowest BCUT2D eigenvalue weighted by Crippen LogP contribution is -2.32. The zero-order chi connectivity index (χ0) is 11.0. The van der Waals surface area contributed by atoms with Crippen molar-refractivity contribution in [2.75, 3.05) is 33.8 Å². The fourth-order valence-electron chi connectivity index (χ4n) is 1.15. The van der Waals surface area contributed by atoms with Crippen LogP contribution in [0.5, 0.6) is 0 Å². The van der Waals surface area contributed by atoms with Gasteiger partial charge in [0.2, 0.25) is 0 Å². The SMILES string of the molecule is CC(CCN(C)C)NCCOC(C)C. The first-order valence-corrected chi connectivity index (χ1v) is 5.52. The molecule has 0 aliphatic carbocycles. The summed E-state index contributed by atoms with van der Waals surface area (Å²) in [5, 5.41) is 3.44. The van der Waals surface area contributed by atoms with Crippen molar-refractivity contribution in [2.45, 2.75) is 39.3 Å². The Kier molecular flexibility index (Phi) is 8.14. The van der Waals surface area contributed by atoms with Gasteiger partial charge < -0.3 is 15.0 Å². The largest absolute Gasteiger partial charge is 0.377 e. The average Bonchev–Trinajstić information content (AvgIpc) is 2.08. The molecule has 86 valence electrons. The minimum Gasteiger partial charge on any atom is -0.377 e. The first kappa shape index (κ1) is 13.9. The van der Waals surface area contributed by atoms with Gasteiger partial charge in [-0.3, -0.25) is 0 Å². The zero-order valence-corrected chi connectivity index (χ0v) is 10.3. The Morgan fingerprint density at radius 2 is 1.86 bits per heavy atom. The molecule has 14 heavy (non-hydrogen) atoms. The molecule has 0 heterocycles. The molecular formula is C11H26N2O. The van der Waals surface area contributed by atoms with Crippen molar-refractivity contribution in [1.82, 2.24) is 10.2 Å². The molecule has 1 atom stereocenters. The minimum absolute atomic E-state index is 0.342. The van der Waals surface area contributed by atoms with Gasteiger partial charge in [-0.05, 0) is 47.8 Å². The summed E-state index contributed by atoms with van der Waals surface area (Å²) in [5.74, 6) is 0. The first-order chi connectivity index (χ1) is 6.52. The Labute approximate surface area is 88.8 Å². The molecule has 0 aromatic carbocycles. The fraction of sp³-hybridized carbons (Fsp3) is 1.00. The van der Waals surface area contributed by atoms with E-state index in [1.807, 2.05) is 0 Å². The predicted molar refractivity (Wildman–Crippen MR) is 61.7 cm³/mol. The fourth-order valence-corrected chi connectivity index (χ4v) is 1.15. The van der Waals surface area contributed by atoms with E-state index in [-0.39, 0.29) is 0 Å². The second-order valence-corrected chi connectivity index (χ2v) is 4.37. The van der Waals surface area contributed by atoms with E-state index in [0.717, 1.165) is 19.7 Å². The quantitative estimate of drug-likeness (QED) is 0.601. The Morgan fingerprint density at radius 3 is 2.36 bits per heavy atom. The highest BCUT2D eigenvalue weighted by molar-refractivity contribution is 4.61. The molecule has 0 saturated carbocycles. The molecule has 0 saturated heterocycles. The van der Waals surface area contributed by atoms with E-state index < -0.39 is 0 Å². The second-order valence-electron chi connectivity index (χ2n) is 4.37. The van der Waals surface area contributed by atoms with Crippen LogP contribution < -0.4 is 5.32 Å². The van der Waals surface area contributed by atoms with Gasteiger partial charge in [0.25, 0.3) is 0 Å². The Balaban J connectivity index is 3.22. The molecule has 0 aliphatic rings. The average molecular weight is 202 g/mol. The van der Waals surface area contributed by atoms with Gasteiger partial charge in [0, 0.05) is 12.6 Å². The zero-order valence-electron chi connectivity index (χ0n) is 10.3. The molecule has 0 aliphatic heterocycles. The summed E-state index contributed by atoms with van der Waals surface area (Å²) in [4.78, 5) is 2.21. The first-order valence-electron chi connectivity index (χ1n) is 5.52. The summed E-state index contributed by atoms with van der Waals surface area (Å²) in [6, 6.07) is 0.577. The summed E-state index contributed by atoms with van der Waals surface area (Å²) in [6.45, 7) is 9.25. The summed E-state index contributed by atoms with van der Waals surface area (Å²) < 4.78 is 5.44. The number of rotatable bonds is 8. The number of hydrogen-bond donors (Lipinski definition) is 1. The van der Waals surface area contributed by atoms with Crippen LogP contribution in [-0.2, 0) is 4.74 Å². The van der Waals surface area contributed by atoms with Crippen LogP contribution in [0.25, 0.3) is 0 Å². The van der Waals surface area contributed by atoms with E-state index in [1.54, 1.807) is 0 Å². The third kappa shape index (κ3) is 9.96. The van der Waals surface area contributed by atoms with E-state index >= 15 is 0 Å². The Bertz CT molecular complexity index is 126. The van der Waals surface area contributed by atoms with Crippen LogP contribution in [0, 0.1) is 0 Å². The lowest BCUT2D eigenvalue weighted by Gasteiger charge is -2.17. The lowest BCUT2D eigenvalue weighted by molar-refractivity contribution is 0.0793. The second kappa shape index (κ2) is 8.21. The molecule has 0 aromatic rings. The summed E-state index contributed by atoms with van der Waals surface area (Å²) in [6.07, 6.45) is 1.53. The van der Waals surface area contributed by atoms with E-state index in [1.165, 1.54) is 6.42 Å². The monoisotopic (exact) mass is 202 g/mol. The van der Waals surface area contributed by atoms with Gasteiger partial charge in [0.1, 0.15) is 0 Å². The van der Waals surface area contributed by atoms with Crippen LogP contribution in [0.2, 0.25) is 0 Å². The molecule has 0 amide bonds. The molecule has 0 bridgehead atoms. The number of nitrogens with one attached hydrogen (secondary N) is 1. The van der Waals surface area contributed by atoms with Crippen LogP contribution in [0.1, 0.15) is 27.2 Å². The molecule has 1 N–H and O–H groups in total. The number of ether oxygens (including phenoxy) is 1. The molecular weight excluding hydrogens is 176 g/mol. The molecule has 3 heteroatoms. The topological polar surface area (TPSA) is 24.5 Å². The molecule has 1 unspecified atom stereocenters. The molecule has 0 aromatic heterocycles. The minimum atomic E-state index is 0.342. The Hall–Kier alpha value is -0.120. The third-order valence-electron chi connectivity index (χ3n) is 2.06. The predicted octanol–water partition coefficient (Wildman–Crippen LogP) is 1.34. The van der Waals surface area contributed by atoms with Gasteiger partial charge in [-0.2, -0.15) is 0 Å². The van der Waals surface area contributed by atoms with Gasteiger partial charge in [-0.25, -0.2) is 0 Å². The maximum atomic E-state index is 5.44. The van der Waals surface area contributed by atoms with E-state index in [9.17, 15) is 0 Å². The van der Waals surface area contributed by atoms with Gasteiger partial charge in [0.15, 0.2) is 0 Å². The third-order valence-corrected chi connectivity index (χ3v) is 2.06. The normalized spacial score (nSPS) is 13.9. The van der Waals surface area contributed by atoms with Crippen LogP contribution >= 0.6 is 0 Å². The van der Waals surface area contributed by atoms with Gasteiger partial charge in [-0.15, -0.1) is 0 Å². The maximum absolute atomic E-state index is 5.44. The highest BCUT2D eigenvalue weighted by Crippen LogP contribution is 1.92.